The highest BCUT2D eigenvalue weighted by Gasteiger charge is 2.31. The third-order valence-corrected chi connectivity index (χ3v) is 6.15. The van der Waals surface area contributed by atoms with Gasteiger partial charge < -0.3 is 10.2 Å². The van der Waals surface area contributed by atoms with Gasteiger partial charge in [0.05, 0.1) is 4.88 Å². The van der Waals surface area contributed by atoms with E-state index in [2.05, 4.69) is 32.2 Å². The van der Waals surface area contributed by atoms with E-state index >= 15 is 0 Å². The Hall–Kier alpha value is -0.870. The molecule has 1 fully saturated rings. The number of piperazine rings is 1. The highest BCUT2D eigenvalue weighted by Crippen LogP contribution is 2.40. The van der Waals surface area contributed by atoms with Gasteiger partial charge >= 0.3 is 0 Å². The van der Waals surface area contributed by atoms with E-state index in [1.54, 1.807) is 11.3 Å². The summed E-state index contributed by atoms with van der Waals surface area (Å²) in [5.41, 5.74) is 1.80. The maximum Gasteiger partial charge on any atom is 0.264 e. The first-order valence-electron chi connectivity index (χ1n) is 8.07. The third kappa shape index (κ3) is 3.16. The van der Waals surface area contributed by atoms with Crippen molar-refractivity contribution in [2.45, 2.75) is 40.0 Å². The molecule has 1 atom stereocenters. The molecule has 0 aromatic carbocycles. The Kier molecular flexibility index (Phi) is 4.10. The van der Waals surface area contributed by atoms with Gasteiger partial charge in [-0.3, -0.25) is 4.79 Å². The van der Waals surface area contributed by atoms with Crippen LogP contribution in [0.4, 0.5) is 0 Å². The predicted octanol–water partition coefficient (Wildman–Crippen LogP) is 2.94. The van der Waals surface area contributed by atoms with Crippen molar-refractivity contribution in [2.24, 2.45) is 11.3 Å². The lowest BCUT2D eigenvalue weighted by Crippen LogP contribution is -2.46. The smallest absolute Gasteiger partial charge is 0.264 e. The molecule has 3 nitrogen and oxygen atoms in total. The van der Waals surface area contributed by atoms with Crippen LogP contribution in [0.2, 0.25) is 0 Å². The maximum absolute atomic E-state index is 12.6. The van der Waals surface area contributed by atoms with Crippen molar-refractivity contribution >= 4 is 17.2 Å². The first-order chi connectivity index (χ1) is 9.95. The summed E-state index contributed by atoms with van der Waals surface area (Å²) in [6, 6.07) is 2.18. The van der Waals surface area contributed by atoms with Crippen molar-refractivity contribution in [3.63, 3.8) is 0 Å². The van der Waals surface area contributed by atoms with E-state index in [1.807, 2.05) is 4.90 Å². The SMILES string of the molecule is CC(C)(C)C1CCc2sc(C(=O)N3CCNCC3)cc2C1. The van der Waals surface area contributed by atoms with Gasteiger partial charge in [0.25, 0.3) is 5.91 Å². The zero-order chi connectivity index (χ0) is 15.0. The minimum atomic E-state index is 0.239. The van der Waals surface area contributed by atoms with Crippen LogP contribution in [-0.2, 0) is 12.8 Å². The van der Waals surface area contributed by atoms with E-state index in [9.17, 15) is 4.79 Å². The van der Waals surface area contributed by atoms with Crippen LogP contribution in [0.3, 0.4) is 0 Å². The molecule has 1 N–H and O–H groups in total. The van der Waals surface area contributed by atoms with E-state index in [1.165, 1.54) is 16.9 Å². The number of aryl methyl sites for hydroxylation is 1. The minimum absolute atomic E-state index is 0.239. The van der Waals surface area contributed by atoms with Gasteiger partial charge in [0.15, 0.2) is 0 Å². The zero-order valence-corrected chi connectivity index (χ0v) is 14.2. The Labute approximate surface area is 131 Å². The van der Waals surface area contributed by atoms with Crippen LogP contribution in [0.1, 0.15) is 47.3 Å². The Morgan fingerprint density at radius 1 is 1.33 bits per heavy atom. The average Bonchev–Trinajstić information content (AvgIpc) is 2.89. The molecule has 1 aromatic rings. The molecule has 1 aliphatic heterocycles. The molecule has 1 aromatic heterocycles. The van der Waals surface area contributed by atoms with Gasteiger partial charge in [-0.05, 0) is 42.2 Å². The molecular formula is C17H26N2OS. The first-order valence-corrected chi connectivity index (χ1v) is 8.88. The molecule has 4 heteroatoms. The van der Waals surface area contributed by atoms with Crippen molar-refractivity contribution in [1.29, 1.82) is 0 Å². The van der Waals surface area contributed by atoms with E-state index in [-0.39, 0.29) is 5.91 Å². The van der Waals surface area contributed by atoms with Crippen LogP contribution >= 0.6 is 11.3 Å². The Bertz CT molecular complexity index is 523. The Balaban J connectivity index is 1.75. The van der Waals surface area contributed by atoms with Crippen molar-refractivity contribution < 1.29 is 4.79 Å². The third-order valence-electron chi connectivity index (χ3n) is 4.92. The lowest BCUT2D eigenvalue weighted by atomic mass is 9.72. The van der Waals surface area contributed by atoms with E-state index in [4.69, 9.17) is 0 Å². The summed E-state index contributed by atoms with van der Waals surface area (Å²) in [5, 5.41) is 3.30. The van der Waals surface area contributed by atoms with Gasteiger partial charge in [-0.15, -0.1) is 11.3 Å². The molecule has 1 saturated heterocycles. The second-order valence-corrected chi connectivity index (χ2v) is 8.54. The number of thiophene rings is 1. The highest BCUT2D eigenvalue weighted by atomic mass is 32.1. The largest absolute Gasteiger partial charge is 0.335 e. The number of carbonyl (C=O) groups is 1. The molecule has 0 bridgehead atoms. The zero-order valence-electron chi connectivity index (χ0n) is 13.4. The highest BCUT2D eigenvalue weighted by molar-refractivity contribution is 7.14. The van der Waals surface area contributed by atoms with Crippen LogP contribution in [0.25, 0.3) is 0 Å². The Morgan fingerprint density at radius 2 is 2.05 bits per heavy atom. The predicted molar refractivity (Wildman–Crippen MR) is 88.1 cm³/mol. The summed E-state index contributed by atoms with van der Waals surface area (Å²) in [6.07, 6.45) is 3.55. The summed E-state index contributed by atoms with van der Waals surface area (Å²) in [7, 11) is 0. The normalized spacial score (nSPS) is 23.0. The number of hydrogen-bond donors (Lipinski definition) is 1. The van der Waals surface area contributed by atoms with Gasteiger partial charge in [-0.25, -0.2) is 0 Å². The van der Waals surface area contributed by atoms with Crippen LogP contribution < -0.4 is 5.32 Å². The molecule has 0 saturated carbocycles. The number of nitrogens with zero attached hydrogens (tertiary/aromatic N) is 1. The molecule has 1 aliphatic carbocycles. The average molecular weight is 306 g/mol. The number of amides is 1. The second kappa shape index (κ2) is 5.73. The summed E-state index contributed by atoms with van der Waals surface area (Å²) >= 11 is 1.74. The molecule has 2 aliphatic rings. The number of fused-ring (bicyclic) bond motifs is 1. The minimum Gasteiger partial charge on any atom is -0.335 e. The van der Waals surface area contributed by atoms with Crippen LogP contribution in [-0.4, -0.2) is 37.0 Å². The number of carbonyl (C=O) groups excluding carboxylic acids is 1. The lowest BCUT2D eigenvalue weighted by Gasteiger charge is -2.33. The number of hydrogen-bond acceptors (Lipinski definition) is 3. The molecule has 3 rings (SSSR count). The molecule has 1 unspecified atom stereocenters. The fourth-order valence-corrected chi connectivity index (χ4v) is 4.57. The molecular weight excluding hydrogens is 280 g/mol. The van der Waals surface area contributed by atoms with Crippen LogP contribution in [0, 0.1) is 11.3 Å². The fourth-order valence-electron chi connectivity index (χ4n) is 3.39. The van der Waals surface area contributed by atoms with Crippen molar-refractivity contribution in [2.75, 3.05) is 26.2 Å². The van der Waals surface area contributed by atoms with Crippen LogP contribution in [0.5, 0.6) is 0 Å². The van der Waals surface area contributed by atoms with Crippen molar-refractivity contribution in [3.05, 3.63) is 21.4 Å². The molecule has 0 spiro atoms. The number of nitrogens with one attached hydrogen (secondary N) is 1. The van der Waals surface area contributed by atoms with Gasteiger partial charge in [0, 0.05) is 31.1 Å². The van der Waals surface area contributed by atoms with E-state index < -0.39 is 0 Å². The summed E-state index contributed by atoms with van der Waals surface area (Å²) in [4.78, 5) is 17.0. The molecule has 116 valence electrons. The topological polar surface area (TPSA) is 32.3 Å². The van der Waals surface area contributed by atoms with Gasteiger partial charge in [-0.1, -0.05) is 20.8 Å². The molecule has 1 amide bonds. The summed E-state index contributed by atoms with van der Waals surface area (Å²) in [5.74, 6) is 0.977. The number of rotatable bonds is 1. The van der Waals surface area contributed by atoms with E-state index in [0.717, 1.165) is 49.8 Å². The lowest BCUT2D eigenvalue weighted by molar-refractivity contribution is 0.0740. The first kappa shape index (κ1) is 15.0. The summed E-state index contributed by atoms with van der Waals surface area (Å²) < 4.78 is 0. The molecule has 2 heterocycles. The maximum atomic E-state index is 12.6. The van der Waals surface area contributed by atoms with Gasteiger partial charge in [0.1, 0.15) is 0 Å². The standard InChI is InChI=1S/C17H26N2OS/c1-17(2,3)13-4-5-14-12(10-13)11-15(21-14)16(20)19-8-6-18-7-9-19/h11,13,18H,4-10H2,1-3H3. The Morgan fingerprint density at radius 3 is 2.71 bits per heavy atom. The molecule has 0 radical (unpaired) electrons. The second-order valence-electron chi connectivity index (χ2n) is 7.41. The summed E-state index contributed by atoms with van der Waals surface area (Å²) in [6.45, 7) is 10.5. The van der Waals surface area contributed by atoms with Crippen LogP contribution in [0.15, 0.2) is 6.07 Å². The monoisotopic (exact) mass is 306 g/mol. The van der Waals surface area contributed by atoms with E-state index in [0.29, 0.717) is 5.41 Å². The van der Waals surface area contributed by atoms with Crippen molar-refractivity contribution in [1.82, 2.24) is 10.2 Å². The fraction of sp³-hybridized carbons (Fsp3) is 0.706. The van der Waals surface area contributed by atoms with Crippen molar-refractivity contribution in [3.8, 4) is 0 Å². The quantitative estimate of drug-likeness (QED) is 0.865. The molecule has 21 heavy (non-hydrogen) atoms. The van der Waals surface area contributed by atoms with Gasteiger partial charge in [0.2, 0.25) is 0 Å². The van der Waals surface area contributed by atoms with Gasteiger partial charge in [-0.2, -0.15) is 0 Å².